The molecule has 0 bridgehead atoms. The zero-order valence-electron chi connectivity index (χ0n) is 17.1. The number of amides is 1. The van der Waals surface area contributed by atoms with E-state index in [1.807, 2.05) is 31.2 Å². The second kappa shape index (κ2) is 8.22. The second-order valence-corrected chi connectivity index (χ2v) is 6.59. The molecule has 2 aromatic rings. The maximum absolute atomic E-state index is 13.3. The largest absolute Gasteiger partial charge is 0.497 e. The van der Waals surface area contributed by atoms with E-state index in [4.69, 9.17) is 14.2 Å². The highest BCUT2D eigenvalue weighted by Gasteiger charge is 2.38. The Kier molecular flexibility index (Phi) is 5.73. The van der Waals surface area contributed by atoms with Crippen LogP contribution >= 0.6 is 0 Å². The lowest BCUT2D eigenvalue weighted by atomic mass is 10.0. The van der Waals surface area contributed by atoms with Gasteiger partial charge in [-0.1, -0.05) is 17.7 Å². The Morgan fingerprint density at radius 3 is 2.24 bits per heavy atom. The van der Waals surface area contributed by atoms with Crippen molar-refractivity contribution in [2.45, 2.75) is 13.8 Å². The molecule has 1 aliphatic heterocycles. The van der Waals surface area contributed by atoms with Gasteiger partial charge < -0.3 is 14.2 Å². The van der Waals surface area contributed by atoms with Crippen LogP contribution in [0.25, 0.3) is 6.08 Å². The number of carbonyl (C=O) groups is 2. The van der Waals surface area contributed by atoms with Crippen molar-refractivity contribution in [2.24, 2.45) is 0 Å². The van der Waals surface area contributed by atoms with E-state index in [2.05, 4.69) is 0 Å². The smallest absolute Gasteiger partial charge is 0.340 e. The molecular weight excluding hydrogens is 370 g/mol. The fraction of sp³-hybridized carbons (Fsp3) is 0.217. The normalized spacial score (nSPS) is 15.1. The van der Waals surface area contributed by atoms with Gasteiger partial charge in [0, 0.05) is 23.0 Å². The predicted molar refractivity (Wildman–Crippen MR) is 111 cm³/mol. The number of nitrogens with zero attached hydrogens (tertiary/aromatic N) is 1. The van der Waals surface area contributed by atoms with Gasteiger partial charge in [-0.25, -0.2) is 4.79 Å². The third kappa shape index (κ3) is 3.74. The minimum absolute atomic E-state index is 0.232. The fourth-order valence-corrected chi connectivity index (χ4v) is 3.28. The number of carbonyl (C=O) groups excluding carboxylic acids is 2. The number of rotatable bonds is 5. The lowest BCUT2D eigenvalue weighted by Crippen LogP contribution is -2.24. The molecule has 0 aromatic heterocycles. The SMILES string of the molecule is COC(=O)C1=C(C)N(c2ccc(C)cc2)C(=O)/C1=C\c1ccc(OC)cc1OC. The van der Waals surface area contributed by atoms with Crippen LogP contribution in [0.4, 0.5) is 5.69 Å². The molecule has 0 saturated carbocycles. The molecule has 0 unspecified atom stereocenters. The molecule has 0 N–H and O–H groups in total. The van der Waals surface area contributed by atoms with Crippen LogP contribution in [0, 0.1) is 6.92 Å². The van der Waals surface area contributed by atoms with Gasteiger partial charge in [-0.15, -0.1) is 0 Å². The summed E-state index contributed by atoms with van der Waals surface area (Å²) in [7, 11) is 4.40. The molecule has 150 valence electrons. The van der Waals surface area contributed by atoms with Crippen molar-refractivity contribution in [3.8, 4) is 11.5 Å². The molecule has 0 fully saturated rings. The molecule has 3 rings (SSSR count). The highest BCUT2D eigenvalue weighted by Crippen LogP contribution is 2.37. The number of anilines is 1. The van der Waals surface area contributed by atoms with Gasteiger partial charge in [-0.05, 0) is 44.2 Å². The minimum atomic E-state index is -0.566. The topological polar surface area (TPSA) is 65.1 Å². The number of methoxy groups -OCH3 is 3. The molecule has 6 nitrogen and oxygen atoms in total. The summed E-state index contributed by atoms with van der Waals surface area (Å²) in [6.07, 6.45) is 1.64. The summed E-state index contributed by atoms with van der Waals surface area (Å²) in [6.45, 7) is 3.70. The first-order valence-corrected chi connectivity index (χ1v) is 9.05. The van der Waals surface area contributed by atoms with E-state index in [0.717, 1.165) is 5.56 Å². The first-order chi connectivity index (χ1) is 13.9. The molecule has 0 radical (unpaired) electrons. The van der Waals surface area contributed by atoms with E-state index in [-0.39, 0.29) is 17.1 Å². The Hall–Kier alpha value is -3.54. The first kappa shape index (κ1) is 20.2. The zero-order valence-corrected chi connectivity index (χ0v) is 17.1. The van der Waals surface area contributed by atoms with E-state index >= 15 is 0 Å². The van der Waals surface area contributed by atoms with E-state index in [1.54, 1.807) is 38.3 Å². The molecule has 0 aliphatic carbocycles. The standard InChI is InChI=1S/C23H23NO5/c1-14-6-9-17(10-7-14)24-15(2)21(23(26)29-5)19(22(24)25)12-16-8-11-18(27-3)13-20(16)28-4/h6-13H,1-5H3/b19-12-. The van der Waals surface area contributed by atoms with Crippen molar-refractivity contribution in [3.63, 3.8) is 0 Å². The molecule has 2 aromatic carbocycles. The highest BCUT2D eigenvalue weighted by molar-refractivity contribution is 6.23. The predicted octanol–water partition coefficient (Wildman–Crippen LogP) is 3.89. The molecule has 0 spiro atoms. The summed E-state index contributed by atoms with van der Waals surface area (Å²) in [5.74, 6) is 0.289. The average Bonchev–Trinajstić information content (AvgIpc) is 2.98. The molecule has 0 atom stereocenters. The molecular formula is C23H23NO5. The average molecular weight is 393 g/mol. The van der Waals surface area contributed by atoms with Crippen molar-refractivity contribution in [1.29, 1.82) is 0 Å². The third-order valence-corrected chi connectivity index (χ3v) is 4.82. The van der Waals surface area contributed by atoms with Crippen molar-refractivity contribution in [3.05, 3.63) is 70.4 Å². The van der Waals surface area contributed by atoms with Crippen molar-refractivity contribution in [1.82, 2.24) is 0 Å². The molecule has 1 aliphatic rings. The number of hydrogen-bond donors (Lipinski definition) is 0. The molecule has 0 saturated heterocycles. The van der Waals surface area contributed by atoms with Crippen molar-refractivity contribution >= 4 is 23.6 Å². The summed E-state index contributed by atoms with van der Waals surface area (Å²) in [4.78, 5) is 27.3. The molecule has 1 heterocycles. The van der Waals surface area contributed by atoms with Crippen LogP contribution in [0.1, 0.15) is 18.1 Å². The van der Waals surface area contributed by atoms with Crippen LogP contribution in [-0.4, -0.2) is 33.2 Å². The van der Waals surface area contributed by atoms with Crippen LogP contribution in [0.15, 0.2) is 59.3 Å². The quantitative estimate of drug-likeness (QED) is 0.570. The van der Waals surface area contributed by atoms with Gasteiger partial charge in [0.2, 0.25) is 0 Å². The van der Waals surface area contributed by atoms with Crippen LogP contribution < -0.4 is 14.4 Å². The highest BCUT2D eigenvalue weighted by atomic mass is 16.5. The van der Waals surface area contributed by atoms with Gasteiger partial charge in [-0.2, -0.15) is 0 Å². The fourth-order valence-electron chi connectivity index (χ4n) is 3.28. The van der Waals surface area contributed by atoms with Gasteiger partial charge in [0.15, 0.2) is 0 Å². The van der Waals surface area contributed by atoms with Gasteiger partial charge in [0.05, 0.1) is 32.5 Å². The number of allylic oxidation sites excluding steroid dienone is 1. The number of ether oxygens (including phenoxy) is 3. The van der Waals surface area contributed by atoms with E-state index in [9.17, 15) is 9.59 Å². The van der Waals surface area contributed by atoms with Gasteiger partial charge in [0.1, 0.15) is 11.5 Å². The number of benzene rings is 2. The Morgan fingerprint density at radius 2 is 1.66 bits per heavy atom. The molecule has 1 amide bonds. The van der Waals surface area contributed by atoms with E-state index in [1.165, 1.54) is 19.1 Å². The van der Waals surface area contributed by atoms with Crippen LogP contribution in [0.3, 0.4) is 0 Å². The lowest BCUT2D eigenvalue weighted by molar-refractivity contribution is -0.136. The Balaban J connectivity index is 2.15. The van der Waals surface area contributed by atoms with Crippen LogP contribution in [-0.2, 0) is 14.3 Å². The molecule has 29 heavy (non-hydrogen) atoms. The Morgan fingerprint density at radius 1 is 0.966 bits per heavy atom. The lowest BCUT2D eigenvalue weighted by Gasteiger charge is -2.18. The maximum atomic E-state index is 13.3. The summed E-state index contributed by atoms with van der Waals surface area (Å²) in [5, 5.41) is 0. The first-order valence-electron chi connectivity index (χ1n) is 9.05. The van der Waals surface area contributed by atoms with Gasteiger partial charge in [-0.3, -0.25) is 9.69 Å². The third-order valence-electron chi connectivity index (χ3n) is 4.82. The second-order valence-electron chi connectivity index (χ2n) is 6.59. The van der Waals surface area contributed by atoms with Crippen molar-refractivity contribution in [2.75, 3.05) is 26.2 Å². The summed E-state index contributed by atoms with van der Waals surface area (Å²) < 4.78 is 15.6. The summed E-state index contributed by atoms with van der Waals surface area (Å²) in [6, 6.07) is 12.8. The maximum Gasteiger partial charge on any atom is 0.340 e. The molecule has 6 heteroatoms. The van der Waals surface area contributed by atoms with Gasteiger partial charge in [0.25, 0.3) is 5.91 Å². The minimum Gasteiger partial charge on any atom is -0.497 e. The summed E-state index contributed by atoms with van der Waals surface area (Å²) >= 11 is 0. The number of aryl methyl sites for hydroxylation is 1. The van der Waals surface area contributed by atoms with E-state index in [0.29, 0.717) is 28.4 Å². The van der Waals surface area contributed by atoms with Gasteiger partial charge >= 0.3 is 5.97 Å². The summed E-state index contributed by atoms with van der Waals surface area (Å²) in [5.41, 5.74) is 3.41. The Labute approximate surface area is 170 Å². The van der Waals surface area contributed by atoms with Crippen LogP contribution in [0.2, 0.25) is 0 Å². The van der Waals surface area contributed by atoms with E-state index < -0.39 is 5.97 Å². The zero-order chi connectivity index (χ0) is 21.1. The Bertz CT molecular complexity index is 1020. The van der Waals surface area contributed by atoms with Crippen LogP contribution in [0.5, 0.6) is 11.5 Å². The number of hydrogen-bond acceptors (Lipinski definition) is 5. The monoisotopic (exact) mass is 393 g/mol. The number of esters is 1. The van der Waals surface area contributed by atoms with Crippen molar-refractivity contribution < 1.29 is 23.8 Å².